The highest BCUT2D eigenvalue weighted by molar-refractivity contribution is 9.10. The second-order valence-electron chi connectivity index (χ2n) is 6.75. The van der Waals surface area contributed by atoms with Crippen LogP contribution in [0.25, 0.3) is 0 Å². The Bertz CT molecular complexity index is 976. The number of nitrogens with one attached hydrogen (secondary N) is 1. The average Bonchev–Trinajstić information content (AvgIpc) is 3.12. The van der Waals surface area contributed by atoms with Crippen molar-refractivity contribution in [3.8, 4) is 0 Å². The van der Waals surface area contributed by atoms with Gasteiger partial charge in [0, 0.05) is 15.2 Å². The number of rotatable bonds is 6. The van der Waals surface area contributed by atoms with E-state index in [0.29, 0.717) is 22.0 Å². The molecule has 3 rings (SSSR count). The SMILES string of the molecule is C=CCC1(C(=O)OCC)CN(C(=O)Nc2ccc(Br)cc2)N=C1c1ccc(Cl)cc1. The molecule has 2 amide bonds. The number of ether oxygens (including phenoxy) is 1. The van der Waals surface area contributed by atoms with Gasteiger partial charge in [-0.1, -0.05) is 45.7 Å². The molecule has 1 unspecified atom stereocenters. The van der Waals surface area contributed by atoms with E-state index in [9.17, 15) is 9.59 Å². The summed E-state index contributed by atoms with van der Waals surface area (Å²) in [4.78, 5) is 25.9. The number of hydrogen-bond acceptors (Lipinski definition) is 4. The molecule has 0 bridgehead atoms. The maximum atomic E-state index is 13.0. The number of carbonyl (C=O) groups excluding carboxylic acids is 2. The lowest BCUT2D eigenvalue weighted by Crippen LogP contribution is -2.44. The molecule has 0 aromatic heterocycles. The molecular weight excluding hydrogens is 470 g/mol. The van der Waals surface area contributed by atoms with Crippen molar-refractivity contribution in [3.05, 3.63) is 76.2 Å². The number of urea groups is 1. The Morgan fingerprint density at radius 3 is 2.53 bits per heavy atom. The highest BCUT2D eigenvalue weighted by Gasteiger charge is 2.51. The van der Waals surface area contributed by atoms with E-state index >= 15 is 0 Å². The van der Waals surface area contributed by atoms with Crippen molar-refractivity contribution in [3.63, 3.8) is 0 Å². The van der Waals surface area contributed by atoms with Crippen LogP contribution in [0.3, 0.4) is 0 Å². The summed E-state index contributed by atoms with van der Waals surface area (Å²) in [6.45, 7) is 5.79. The molecule has 8 heteroatoms. The summed E-state index contributed by atoms with van der Waals surface area (Å²) >= 11 is 9.38. The topological polar surface area (TPSA) is 71.0 Å². The third-order valence-electron chi connectivity index (χ3n) is 4.70. The zero-order valence-electron chi connectivity index (χ0n) is 16.4. The monoisotopic (exact) mass is 489 g/mol. The summed E-state index contributed by atoms with van der Waals surface area (Å²) in [6, 6.07) is 13.7. The first-order valence-electron chi connectivity index (χ1n) is 9.37. The van der Waals surface area contributed by atoms with Crippen molar-refractivity contribution < 1.29 is 14.3 Å². The average molecular weight is 491 g/mol. The molecule has 1 heterocycles. The number of allylic oxidation sites excluding steroid dienone is 1. The number of carbonyl (C=O) groups is 2. The molecule has 2 aromatic carbocycles. The van der Waals surface area contributed by atoms with E-state index in [4.69, 9.17) is 16.3 Å². The highest BCUT2D eigenvalue weighted by Crippen LogP contribution is 2.37. The smallest absolute Gasteiger partial charge is 0.342 e. The lowest BCUT2D eigenvalue weighted by molar-refractivity contribution is -0.151. The van der Waals surface area contributed by atoms with Gasteiger partial charge in [0.1, 0.15) is 5.41 Å². The van der Waals surface area contributed by atoms with Crippen molar-refractivity contribution in [2.24, 2.45) is 10.5 Å². The van der Waals surface area contributed by atoms with Crippen molar-refractivity contribution in [1.29, 1.82) is 0 Å². The fourth-order valence-electron chi connectivity index (χ4n) is 3.28. The minimum Gasteiger partial charge on any atom is -0.465 e. The van der Waals surface area contributed by atoms with E-state index in [0.717, 1.165) is 4.47 Å². The van der Waals surface area contributed by atoms with Gasteiger partial charge in [-0.05, 0) is 55.3 Å². The Hall–Kier alpha value is -2.64. The number of esters is 1. The molecule has 6 nitrogen and oxygen atoms in total. The maximum absolute atomic E-state index is 13.0. The molecule has 156 valence electrons. The fraction of sp³-hybridized carbons (Fsp3) is 0.227. The molecule has 0 fully saturated rings. The van der Waals surface area contributed by atoms with Crippen LogP contribution >= 0.6 is 27.5 Å². The molecule has 0 spiro atoms. The molecule has 1 N–H and O–H groups in total. The van der Waals surface area contributed by atoms with Gasteiger partial charge >= 0.3 is 12.0 Å². The van der Waals surface area contributed by atoms with Crippen LogP contribution < -0.4 is 5.32 Å². The molecule has 0 radical (unpaired) electrons. The lowest BCUT2D eigenvalue weighted by atomic mass is 9.77. The fourth-order valence-corrected chi connectivity index (χ4v) is 3.67. The van der Waals surface area contributed by atoms with E-state index in [1.807, 2.05) is 12.1 Å². The lowest BCUT2D eigenvalue weighted by Gasteiger charge is -2.27. The van der Waals surface area contributed by atoms with Crippen LogP contribution in [0.5, 0.6) is 0 Å². The minimum atomic E-state index is -1.15. The minimum absolute atomic E-state index is 0.0399. The standard InChI is InChI=1S/C22H21BrClN3O3/c1-3-13-22(20(28)30-4-2)14-27(21(29)25-18-11-7-16(23)8-12-18)26-19(22)15-5-9-17(24)10-6-15/h3,5-12H,1,4,13-14H2,2H3,(H,25,29). The summed E-state index contributed by atoms with van der Waals surface area (Å²) in [5, 5.41) is 9.14. The van der Waals surface area contributed by atoms with Gasteiger partial charge in [-0.3, -0.25) is 4.79 Å². The summed E-state index contributed by atoms with van der Waals surface area (Å²) in [5.41, 5.74) is 0.600. The number of benzene rings is 2. The van der Waals surface area contributed by atoms with Crippen molar-refractivity contribution >= 4 is 50.9 Å². The van der Waals surface area contributed by atoms with Crippen molar-refractivity contribution in [2.75, 3.05) is 18.5 Å². The largest absolute Gasteiger partial charge is 0.465 e. The van der Waals surface area contributed by atoms with Gasteiger partial charge in [0.2, 0.25) is 0 Å². The van der Waals surface area contributed by atoms with Gasteiger partial charge in [0.25, 0.3) is 0 Å². The van der Waals surface area contributed by atoms with Crippen molar-refractivity contribution in [2.45, 2.75) is 13.3 Å². The molecule has 2 aromatic rings. The van der Waals surface area contributed by atoms with Gasteiger partial charge < -0.3 is 10.1 Å². The van der Waals surface area contributed by atoms with Crippen LogP contribution in [0.2, 0.25) is 5.02 Å². The first-order chi connectivity index (χ1) is 14.4. The van der Waals surface area contributed by atoms with Crippen LogP contribution in [-0.4, -0.2) is 35.9 Å². The first-order valence-corrected chi connectivity index (χ1v) is 10.5. The normalized spacial score (nSPS) is 18.0. The Morgan fingerprint density at radius 1 is 1.27 bits per heavy atom. The molecular formula is C22H21BrClN3O3. The maximum Gasteiger partial charge on any atom is 0.342 e. The van der Waals surface area contributed by atoms with E-state index in [2.05, 4.69) is 32.9 Å². The van der Waals surface area contributed by atoms with Gasteiger partial charge in [0.05, 0.1) is 18.9 Å². The van der Waals surface area contributed by atoms with Crippen LogP contribution in [0.4, 0.5) is 10.5 Å². The molecule has 1 aliphatic rings. The zero-order valence-corrected chi connectivity index (χ0v) is 18.7. The predicted octanol–water partition coefficient (Wildman–Crippen LogP) is 5.48. The van der Waals surface area contributed by atoms with Gasteiger partial charge in [-0.2, -0.15) is 5.10 Å². The number of nitrogens with zero attached hydrogens (tertiary/aromatic N) is 2. The second-order valence-corrected chi connectivity index (χ2v) is 8.10. The van der Waals surface area contributed by atoms with Crippen LogP contribution in [0.15, 0.2) is 70.8 Å². The number of amides is 2. The molecule has 1 atom stereocenters. The van der Waals surface area contributed by atoms with E-state index in [1.54, 1.807) is 49.4 Å². The Morgan fingerprint density at radius 2 is 1.93 bits per heavy atom. The zero-order chi connectivity index (χ0) is 21.7. The summed E-state index contributed by atoms with van der Waals surface area (Å²) in [6.07, 6.45) is 1.91. The summed E-state index contributed by atoms with van der Waals surface area (Å²) in [7, 11) is 0. The van der Waals surface area contributed by atoms with Gasteiger partial charge in [-0.15, -0.1) is 6.58 Å². The third-order valence-corrected chi connectivity index (χ3v) is 5.48. The molecule has 0 saturated carbocycles. The van der Waals surface area contributed by atoms with Crippen LogP contribution in [0.1, 0.15) is 18.9 Å². The van der Waals surface area contributed by atoms with Gasteiger partial charge in [0.15, 0.2) is 0 Å². The Balaban J connectivity index is 1.98. The van der Waals surface area contributed by atoms with Crippen LogP contribution in [-0.2, 0) is 9.53 Å². The Labute approximate surface area is 188 Å². The van der Waals surface area contributed by atoms with E-state index < -0.39 is 17.4 Å². The Kier molecular flexibility index (Phi) is 6.95. The number of halogens is 2. The second kappa shape index (κ2) is 9.45. The first kappa shape index (κ1) is 22.1. The van der Waals surface area contributed by atoms with E-state index in [1.165, 1.54) is 5.01 Å². The number of anilines is 1. The van der Waals surface area contributed by atoms with Gasteiger partial charge in [-0.25, -0.2) is 9.80 Å². The molecule has 30 heavy (non-hydrogen) atoms. The molecule has 1 aliphatic heterocycles. The van der Waals surface area contributed by atoms with E-state index in [-0.39, 0.29) is 19.6 Å². The molecule has 0 saturated heterocycles. The third kappa shape index (κ3) is 4.57. The predicted molar refractivity (Wildman–Crippen MR) is 122 cm³/mol. The quantitative estimate of drug-likeness (QED) is 0.430. The number of hydrazone groups is 1. The van der Waals surface area contributed by atoms with Crippen LogP contribution in [0, 0.1) is 5.41 Å². The number of hydrogen-bond donors (Lipinski definition) is 1. The van der Waals surface area contributed by atoms with Crippen molar-refractivity contribution in [1.82, 2.24) is 5.01 Å². The summed E-state index contributed by atoms with van der Waals surface area (Å²) in [5.74, 6) is -0.447. The highest BCUT2D eigenvalue weighted by atomic mass is 79.9. The molecule has 0 aliphatic carbocycles. The summed E-state index contributed by atoms with van der Waals surface area (Å²) < 4.78 is 6.26.